The van der Waals surface area contributed by atoms with Crippen molar-refractivity contribution < 1.29 is 18.3 Å². The van der Waals surface area contributed by atoms with Gasteiger partial charge >= 0.3 is 6.09 Å². The number of benzene rings is 1. The summed E-state index contributed by atoms with van der Waals surface area (Å²) in [6, 6.07) is 3.87. The lowest BCUT2D eigenvalue weighted by Crippen LogP contribution is -2.50. The zero-order valence-corrected chi connectivity index (χ0v) is 19.0. The summed E-state index contributed by atoms with van der Waals surface area (Å²) in [5.74, 6) is -0.551. The van der Waals surface area contributed by atoms with E-state index in [1.54, 1.807) is 11.0 Å². The van der Waals surface area contributed by atoms with Crippen LogP contribution in [-0.4, -0.2) is 57.3 Å². The Morgan fingerprint density at radius 3 is 2.42 bits per heavy atom. The van der Waals surface area contributed by atoms with Crippen LogP contribution in [0.25, 0.3) is 16.7 Å². The van der Waals surface area contributed by atoms with Crippen LogP contribution in [0.5, 0.6) is 0 Å². The van der Waals surface area contributed by atoms with E-state index in [-0.39, 0.29) is 6.09 Å². The van der Waals surface area contributed by atoms with Crippen molar-refractivity contribution in [1.29, 1.82) is 0 Å². The van der Waals surface area contributed by atoms with Crippen molar-refractivity contribution in [3.05, 3.63) is 47.9 Å². The van der Waals surface area contributed by atoms with Crippen molar-refractivity contribution in [1.82, 2.24) is 19.4 Å². The fourth-order valence-corrected chi connectivity index (χ4v) is 4.28. The molecule has 3 aromatic rings. The average Bonchev–Trinajstić information content (AvgIpc) is 3.54. The number of rotatable bonds is 3. The fraction of sp³-hybridized carbons (Fsp3) is 0.458. The first kappa shape index (κ1) is 21.6. The molecule has 0 radical (unpaired) electrons. The summed E-state index contributed by atoms with van der Waals surface area (Å²) in [7, 11) is 0. The molecule has 2 fully saturated rings. The van der Waals surface area contributed by atoms with Crippen molar-refractivity contribution in [2.24, 2.45) is 0 Å². The Morgan fingerprint density at radius 1 is 1.06 bits per heavy atom. The number of fused-ring (bicyclic) bond motifs is 1. The molecule has 1 aromatic carbocycles. The molecule has 1 saturated heterocycles. The van der Waals surface area contributed by atoms with Gasteiger partial charge in [0.05, 0.1) is 11.1 Å². The minimum absolute atomic E-state index is 0.307. The molecule has 0 atom stereocenters. The molecule has 1 aliphatic carbocycles. The third-order valence-corrected chi connectivity index (χ3v) is 6.02. The van der Waals surface area contributed by atoms with Gasteiger partial charge in [-0.05, 0) is 57.2 Å². The number of nitrogens with zero attached hydrogens (tertiary/aromatic N) is 5. The molecule has 0 N–H and O–H groups in total. The largest absolute Gasteiger partial charge is 0.444 e. The van der Waals surface area contributed by atoms with Gasteiger partial charge < -0.3 is 19.1 Å². The third-order valence-electron chi connectivity index (χ3n) is 6.02. The molecule has 9 heteroatoms. The van der Waals surface area contributed by atoms with Crippen molar-refractivity contribution in [2.75, 3.05) is 31.1 Å². The molecule has 1 saturated carbocycles. The van der Waals surface area contributed by atoms with Crippen LogP contribution in [0.4, 0.5) is 19.4 Å². The number of halogens is 2. The maximum absolute atomic E-state index is 13.9. The molecular formula is C24H27F2N5O2. The third kappa shape index (κ3) is 4.24. The van der Waals surface area contributed by atoms with Gasteiger partial charge in [0.25, 0.3) is 0 Å². The Bertz CT molecular complexity index is 1210. The SMILES string of the molecule is CC(C)(C)OC(=O)N1CCN(c2ncnc3c2c(C2CC2)cn3-c2ccc(F)c(F)c2)CC1. The van der Waals surface area contributed by atoms with Crippen molar-refractivity contribution >= 4 is 22.9 Å². The zero-order chi connectivity index (χ0) is 23.3. The van der Waals surface area contributed by atoms with E-state index in [1.165, 1.54) is 12.4 Å². The lowest BCUT2D eigenvalue weighted by molar-refractivity contribution is 0.0240. The van der Waals surface area contributed by atoms with Gasteiger partial charge in [-0.25, -0.2) is 23.5 Å². The molecule has 2 aromatic heterocycles. The van der Waals surface area contributed by atoms with E-state index in [9.17, 15) is 13.6 Å². The predicted octanol–water partition coefficient (Wildman–Crippen LogP) is 4.63. The molecule has 7 nitrogen and oxygen atoms in total. The standard InChI is InChI=1S/C24H27F2N5O2/c1-24(2,3)33-23(32)30-10-8-29(9-11-30)21-20-17(15-4-5-15)13-31(22(20)28-14-27-21)16-6-7-18(25)19(26)12-16/h6-7,12-15H,4-5,8-11H2,1-3H3. The van der Waals surface area contributed by atoms with Gasteiger partial charge in [0.1, 0.15) is 23.4 Å². The van der Waals surface area contributed by atoms with Gasteiger partial charge in [-0.3, -0.25) is 0 Å². The van der Waals surface area contributed by atoms with E-state index in [4.69, 9.17) is 4.74 Å². The van der Waals surface area contributed by atoms with E-state index in [0.717, 1.165) is 35.7 Å². The Labute approximate surface area is 191 Å². The first-order chi connectivity index (χ1) is 15.7. The molecule has 0 unspecified atom stereocenters. The molecule has 0 bridgehead atoms. The summed E-state index contributed by atoms with van der Waals surface area (Å²) >= 11 is 0. The van der Waals surface area contributed by atoms with Gasteiger partial charge in [0.15, 0.2) is 11.6 Å². The van der Waals surface area contributed by atoms with Gasteiger partial charge in [0.2, 0.25) is 0 Å². The number of hydrogen-bond donors (Lipinski definition) is 0. The minimum atomic E-state index is -0.894. The van der Waals surface area contributed by atoms with E-state index in [1.807, 2.05) is 31.5 Å². The summed E-state index contributed by atoms with van der Waals surface area (Å²) in [6.07, 6.45) is 5.34. The van der Waals surface area contributed by atoms with Crippen LogP contribution < -0.4 is 4.90 Å². The summed E-state index contributed by atoms with van der Waals surface area (Å²) in [6.45, 7) is 7.87. The zero-order valence-electron chi connectivity index (χ0n) is 19.0. The highest BCUT2D eigenvalue weighted by atomic mass is 19.2. The second-order valence-corrected chi connectivity index (χ2v) is 9.68. The molecule has 5 rings (SSSR count). The van der Waals surface area contributed by atoms with E-state index in [2.05, 4.69) is 14.9 Å². The quantitative estimate of drug-likeness (QED) is 0.576. The number of carbonyl (C=O) groups is 1. The topological polar surface area (TPSA) is 63.5 Å². The second kappa shape index (κ2) is 7.97. The normalized spacial score (nSPS) is 17.0. The Hall–Kier alpha value is -3.23. The van der Waals surface area contributed by atoms with Crippen LogP contribution >= 0.6 is 0 Å². The van der Waals surface area contributed by atoms with Gasteiger partial charge in [0, 0.05) is 38.4 Å². The first-order valence-corrected chi connectivity index (χ1v) is 11.3. The molecule has 174 valence electrons. The van der Waals surface area contributed by atoms with Gasteiger partial charge in [-0.15, -0.1) is 0 Å². The number of aromatic nitrogens is 3. The summed E-state index contributed by atoms with van der Waals surface area (Å²) in [4.78, 5) is 25.4. The fourth-order valence-electron chi connectivity index (χ4n) is 4.28. The molecule has 0 spiro atoms. The van der Waals surface area contributed by atoms with Crippen LogP contribution in [0.3, 0.4) is 0 Å². The van der Waals surface area contributed by atoms with E-state index >= 15 is 0 Å². The van der Waals surface area contributed by atoms with Crippen LogP contribution in [0.15, 0.2) is 30.7 Å². The monoisotopic (exact) mass is 455 g/mol. The second-order valence-electron chi connectivity index (χ2n) is 9.68. The maximum Gasteiger partial charge on any atom is 0.410 e. The van der Waals surface area contributed by atoms with Crippen LogP contribution in [0.2, 0.25) is 0 Å². The molecular weight excluding hydrogens is 428 g/mol. The van der Waals surface area contributed by atoms with Gasteiger partial charge in [-0.2, -0.15) is 0 Å². The van der Waals surface area contributed by atoms with E-state index in [0.29, 0.717) is 43.4 Å². The molecule has 3 heterocycles. The number of anilines is 1. The van der Waals surface area contributed by atoms with Crippen molar-refractivity contribution in [3.63, 3.8) is 0 Å². The highest BCUT2D eigenvalue weighted by Crippen LogP contribution is 2.46. The number of piperazine rings is 1. The Kier molecular flexibility index (Phi) is 5.22. The highest BCUT2D eigenvalue weighted by Gasteiger charge is 2.32. The number of carbonyl (C=O) groups excluding carboxylic acids is 1. The first-order valence-electron chi connectivity index (χ1n) is 11.3. The highest BCUT2D eigenvalue weighted by molar-refractivity contribution is 5.93. The maximum atomic E-state index is 13.9. The number of ether oxygens (including phenoxy) is 1. The molecule has 2 aliphatic rings. The lowest BCUT2D eigenvalue weighted by atomic mass is 10.1. The molecule has 33 heavy (non-hydrogen) atoms. The van der Waals surface area contributed by atoms with Crippen LogP contribution in [-0.2, 0) is 4.74 Å². The van der Waals surface area contributed by atoms with Crippen LogP contribution in [0, 0.1) is 11.6 Å². The number of amides is 1. The van der Waals surface area contributed by atoms with Crippen LogP contribution in [0.1, 0.15) is 45.1 Å². The predicted molar refractivity (Wildman–Crippen MR) is 121 cm³/mol. The average molecular weight is 456 g/mol. The summed E-state index contributed by atoms with van der Waals surface area (Å²) < 4.78 is 34.8. The van der Waals surface area contributed by atoms with Gasteiger partial charge in [-0.1, -0.05) is 0 Å². The number of hydrogen-bond acceptors (Lipinski definition) is 5. The summed E-state index contributed by atoms with van der Waals surface area (Å²) in [5, 5.41) is 0.940. The Morgan fingerprint density at radius 2 is 1.79 bits per heavy atom. The summed E-state index contributed by atoms with van der Waals surface area (Å²) in [5.41, 5.74) is 1.78. The lowest BCUT2D eigenvalue weighted by Gasteiger charge is -2.36. The Balaban J connectivity index is 1.47. The molecule has 1 aliphatic heterocycles. The van der Waals surface area contributed by atoms with Crippen molar-refractivity contribution in [2.45, 2.75) is 45.1 Å². The minimum Gasteiger partial charge on any atom is -0.444 e. The van der Waals surface area contributed by atoms with Crippen molar-refractivity contribution in [3.8, 4) is 5.69 Å². The van der Waals surface area contributed by atoms with E-state index < -0.39 is 17.2 Å². The smallest absolute Gasteiger partial charge is 0.410 e. The molecule has 1 amide bonds.